The highest BCUT2D eigenvalue weighted by Crippen LogP contribution is 2.56. The molecule has 0 amide bonds. The van der Waals surface area contributed by atoms with Crippen molar-refractivity contribution in [3.8, 4) is 22.3 Å². The number of benzene rings is 8. The second kappa shape index (κ2) is 12.0. The zero-order valence-corrected chi connectivity index (χ0v) is 28.2. The first-order valence-electron chi connectivity index (χ1n) is 20.4. The van der Waals surface area contributed by atoms with Crippen molar-refractivity contribution in [1.82, 2.24) is 0 Å². The van der Waals surface area contributed by atoms with Gasteiger partial charge in [0.15, 0.2) is 0 Å². The summed E-state index contributed by atoms with van der Waals surface area (Å²) in [7, 11) is 0. The molecule has 1 aliphatic rings. The number of nitrogens with zero attached hydrogens (tertiary/aromatic N) is 1. The Balaban J connectivity index is 1.31. The molecule has 0 N–H and O–H groups in total. The fraction of sp³-hybridized carbons (Fsp3) is 0.0204. The van der Waals surface area contributed by atoms with E-state index in [4.69, 9.17) is 8.22 Å². The highest BCUT2D eigenvalue weighted by atomic mass is 32.1. The predicted octanol–water partition coefficient (Wildman–Crippen LogP) is 13.6. The van der Waals surface area contributed by atoms with Crippen LogP contribution in [0.4, 0.5) is 17.1 Å². The van der Waals surface area contributed by atoms with E-state index in [1.165, 1.54) is 0 Å². The second-order valence-electron chi connectivity index (χ2n) is 12.7. The third kappa shape index (κ3) is 4.61. The number of hydrogen-bond acceptors (Lipinski definition) is 2. The summed E-state index contributed by atoms with van der Waals surface area (Å²) < 4.78 is 63.5. The first-order chi connectivity index (χ1) is 28.2. The summed E-state index contributed by atoms with van der Waals surface area (Å²) in [6.07, 6.45) is 0. The molecule has 1 nitrogen and oxygen atoms in total. The summed E-state index contributed by atoms with van der Waals surface area (Å²) in [6, 6.07) is 52.0. The van der Waals surface area contributed by atoms with Crippen LogP contribution in [0.5, 0.6) is 0 Å². The summed E-state index contributed by atoms with van der Waals surface area (Å²) in [5, 5.41) is 0.592. The van der Waals surface area contributed by atoms with E-state index in [1.54, 1.807) is 0 Å². The maximum atomic E-state index is 9.61. The van der Waals surface area contributed by atoms with Crippen LogP contribution < -0.4 is 4.90 Å². The third-order valence-electron chi connectivity index (χ3n) is 10.1. The molecule has 0 saturated heterocycles. The highest BCUT2D eigenvalue weighted by Gasteiger charge is 2.46. The Morgan fingerprint density at radius 1 is 0.471 bits per heavy atom. The van der Waals surface area contributed by atoms with Crippen LogP contribution >= 0.6 is 11.3 Å². The Kier molecular flexibility index (Phi) is 5.46. The number of rotatable bonds is 6. The molecule has 10 rings (SSSR count). The average molecular weight is 675 g/mol. The Hall–Kier alpha value is -6.22. The first-order valence-corrected chi connectivity index (χ1v) is 17.8. The Labute approximate surface area is 312 Å². The molecule has 0 spiro atoms. The van der Waals surface area contributed by atoms with E-state index in [-0.39, 0.29) is 58.1 Å². The van der Waals surface area contributed by atoms with Crippen LogP contribution in [0.1, 0.15) is 31.8 Å². The normalized spacial score (nSPS) is 14.8. The largest absolute Gasteiger partial charge is 0.310 e. The lowest BCUT2D eigenvalue weighted by Gasteiger charge is -2.35. The van der Waals surface area contributed by atoms with Crippen molar-refractivity contribution >= 4 is 48.6 Å². The van der Waals surface area contributed by atoms with Gasteiger partial charge in [0.25, 0.3) is 0 Å². The smallest absolute Gasteiger partial charge is 0.0714 e. The Morgan fingerprint density at radius 3 is 1.82 bits per heavy atom. The van der Waals surface area contributed by atoms with E-state index >= 15 is 0 Å². The predicted molar refractivity (Wildman–Crippen MR) is 217 cm³/mol. The lowest BCUT2D eigenvalue weighted by atomic mass is 9.67. The van der Waals surface area contributed by atoms with Gasteiger partial charge in [-0.2, -0.15) is 0 Å². The monoisotopic (exact) mass is 674 g/mol. The zero-order chi connectivity index (χ0) is 39.9. The Bertz CT molecular complexity index is 3040. The van der Waals surface area contributed by atoms with Crippen molar-refractivity contribution in [3.63, 3.8) is 0 Å². The van der Waals surface area contributed by atoms with E-state index < -0.39 is 5.41 Å². The quantitative estimate of drug-likeness (QED) is 0.170. The standard InChI is InChI=1S/C49H33NS/c1-3-15-34(16-4-1)35-29-31-38(32-30-35)50(45-26-14-28-47-48(45)42-23-9-12-27-46(42)51-47)39-20-13-19-37(33-39)49(36-17-5-2-6-18-36)43-24-10-7-21-40(43)41-22-8-11-25-44(41)49/h1-33H/i9D,12D,14D,23D,26D,27D,28D. The lowest BCUT2D eigenvalue weighted by Crippen LogP contribution is -2.28. The topological polar surface area (TPSA) is 3.24 Å². The van der Waals surface area contributed by atoms with E-state index in [0.717, 1.165) is 55.8 Å². The van der Waals surface area contributed by atoms with Crippen molar-refractivity contribution in [2.45, 2.75) is 5.41 Å². The SMILES string of the molecule is [2H]c1c([2H])c([2H])c2c(sc3c([2H])c([2H])c([2H])c(N(c4ccc(-c5ccccc5)cc4)c4cccc(C5(c6ccccc6)c6ccccc6-c6ccccc65)c4)c32)c1[2H]. The molecule has 240 valence electrons. The number of hydrogen-bond donors (Lipinski definition) is 0. The Morgan fingerprint density at radius 2 is 1.08 bits per heavy atom. The van der Waals surface area contributed by atoms with Crippen LogP contribution in [0.15, 0.2) is 200 Å². The fourth-order valence-electron chi connectivity index (χ4n) is 7.94. The zero-order valence-electron chi connectivity index (χ0n) is 34.4. The molecule has 1 aromatic heterocycles. The van der Waals surface area contributed by atoms with Crippen LogP contribution in [-0.4, -0.2) is 0 Å². The van der Waals surface area contributed by atoms with Gasteiger partial charge in [-0.25, -0.2) is 0 Å². The first kappa shape index (κ1) is 23.2. The molecule has 0 fully saturated rings. The van der Waals surface area contributed by atoms with Crippen molar-refractivity contribution in [2.24, 2.45) is 0 Å². The van der Waals surface area contributed by atoms with E-state index in [2.05, 4.69) is 84.9 Å². The van der Waals surface area contributed by atoms with Crippen LogP contribution in [0, 0.1) is 0 Å². The number of fused-ring (bicyclic) bond motifs is 6. The minimum Gasteiger partial charge on any atom is -0.310 e. The molecule has 1 aliphatic carbocycles. The molecular weight excluding hydrogens is 635 g/mol. The second-order valence-corrected chi connectivity index (χ2v) is 13.8. The summed E-state index contributed by atoms with van der Waals surface area (Å²) in [5.41, 5.74) is 9.65. The van der Waals surface area contributed by atoms with Crippen LogP contribution in [0.2, 0.25) is 0 Å². The molecule has 0 unspecified atom stereocenters. The van der Waals surface area contributed by atoms with Crippen molar-refractivity contribution in [2.75, 3.05) is 4.90 Å². The minimum atomic E-state index is -0.716. The minimum absolute atomic E-state index is 0.183. The maximum Gasteiger partial charge on any atom is 0.0714 e. The van der Waals surface area contributed by atoms with Gasteiger partial charge in [-0.15, -0.1) is 11.3 Å². The van der Waals surface area contributed by atoms with Gasteiger partial charge in [-0.3, -0.25) is 0 Å². The van der Waals surface area contributed by atoms with E-state index in [1.807, 2.05) is 77.7 Å². The average Bonchev–Trinajstić information content (AvgIpc) is 3.82. The maximum absolute atomic E-state index is 9.61. The molecule has 51 heavy (non-hydrogen) atoms. The van der Waals surface area contributed by atoms with Gasteiger partial charge in [0, 0.05) is 31.5 Å². The van der Waals surface area contributed by atoms with Crippen LogP contribution in [-0.2, 0) is 5.41 Å². The summed E-state index contributed by atoms with van der Waals surface area (Å²) >= 11 is 1.07. The molecule has 0 saturated carbocycles. The molecule has 0 aliphatic heterocycles. The van der Waals surface area contributed by atoms with Crippen molar-refractivity contribution in [1.29, 1.82) is 0 Å². The third-order valence-corrected chi connectivity index (χ3v) is 11.1. The van der Waals surface area contributed by atoms with Gasteiger partial charge in [0.05, 0.1) is 20.7 Å². The molecular formula is C49H33NS. The molecule has 0 radical (unpaired) electrons. The van der Waals surface area contributed by atoms with Crippen LogP contribution in [0.3, 0.4) is 0 Å². The molecule has 0 bridgehead atoms. The van der Waals surface area contributed by atoms with Crippen molar-refractivity contribution in [3.05, 3.63) is 222 Å². The van der Waals surface area contributed by atoms with Gasteiger partial charge >= 0.3 is 0 Å². The number of thiophene rings is 1. The van der Waals surface area contributed by atoms with Gasteiger partial charge in [-0.1, -0.05) is 158 Å². The van der Waals surface area contributed by atoms with Gasteiger partial charge < -0.3 is 4.90 Å². The summed E-state index contributed by atoms with van der Waals surface area (Å²) in [4.78, 5) is 1.93. The van der Waals surface area contributed by atoms with Gasteiger partial charge in [0.2, 0.25) is 0 Å². The van der Waals surface area contributed by atoms with Crippen molar-refractivity contribution < 1.29 is 9.60 Å². The molecule has 0 atom stereocenters. The highest BCUT2D eigenvalue weighted by molar-refractivity contribution is 7.26. The summed E-state index contributed by atoms with van der Waals surface area (Å²) in [6.45, 7) is 0. The van der Waals surface area contributed by atoms with E-state index in [9.17, 15) is 1.37 Å². The lowest BCUT2D eigenvalue weighted by molar-refractivity contribution is 0.768. The van der Waals surface area contributed by atoms with Gasteiger partial charge in [0.1, 0.15) is 0 Å². The van der Waals surface area contributed by atoms with E-state index in [0.29, 0.717) is 21.5 Å². The van der Waals surface area contributed by atoms with Crippen LogP contribution in [0.25, 0.3) is 42.4 Å². The molecule has 9 aromatic rings. The fourth-order valence-corrected chi connectivity index (χ4v) is 8.91. The summed E-state index contributed by atoms with van der Waals surface area (Å²) in [5.74, 6) is 0. The van der Waals surface area contributed by atoms with Gasteiger partial charge in [-0.05, 0) is 86.9 Å². The molecule has 1 heterocycles. The molecule has 8 aromatic carbocycles. The number of anilines is 3. The molecule has 2 heteroatoms.